The molecule has 20 heavy (non-hydrogen) atoms. The van der Waals surface area contributed by atoms with Crippen molar-refractivity contribution in [3.63, 3.8) is 0 Å². The number of alkyl halides is 1. The number of hydrogen-bond donors (Lipinski definition) is 1. The van der Waals surface area contributed by atoms with Gasteiger partial charge in [-0.25, -0.2) is 4.39 Å². The fourth-order valence-corrected chi connectivity index (χ4v) is 2.36. The van der Waals surface area contributed by atoms with Crippen LogP contribution < -0.4 is 5.32 Å². The summed E-state index contributed by atoms with van der Waals surface area (Å²) >= 11 is 9.34. The quantitative estimate of drug-likeness (QED) is 0.818. The van der Waals surface area contributed by atoms with Gasteiger partial charge in [-0.05, 0) is 23.8 Å². The standard InChI is InChI=1S/C15H12BrClFNO/c16-12-6-7-13(18)11(8-12)9-19-15(20)14(17)10-4-2-1-3-5-10/h1-8,14H,9H2,(H,19,20). The maximum absolute atomic E-state index is 13.5. The number of nitrogens with one attached hydrogen (secondary N) is 1. The number of halogens is 3. The average Bonchev–Trinajstić information content (AvgIpc) is 2.48. The fourth-order valence-electron chi connectivity index (χ4n) is 1.72. The lowest BCUT2D eigenvalue weighted by molar-refractivity contribution is -0.121. The number of carbonyl (C=O) groups excluding carboxylic acids is 1. The largest absolute Gasteiger partial charge is 0.350 e. The van der Waals surface area contributed by atoms with Crippen LogP contribution in [0, 0.1) is 5.82 Å². The van der Waals surface area contributed by atoms with Gasteiger partial charge in [0.1, 0.15) is 11.2 Å². The summed E-state index contributed by atoms with van der Waals surface area (Å²) in [6.07, 6.45) is 0. The van der Waals surface area contributed by atoms with Crippen LogP contribution in [0.4, 0.5) is 4.39 Å². The Morgan fingerprint density at radius 1 is 1.25 bits per heavy atom. The van der Waals surface area contributed by atoms with Crippen LogP contribution in [-0.4, -0.2) is 5.91 Å². The van der Waals surface area contributed by atoms with Crippen LogP contribution in [0.5, 0.6) is 0 Å². The Morgan fingerprint density at radius 2 is 1.95 bits per heavy atom. The van der Waals surface area contributed by atoms with Gasteiger partial charge >= 0.3 is 0 Å². The van der Waals surface area contributed by atoms with E-state index in [2.05, 4.69) is 21.2 Å². The first kappa shape index (κ1) is 15.0. The molecule has 0 bridgehead atoms. The molecule has 5 heteroatoms. The SMILES string of the molecule is O=C(NCc1cc(Br)ccc1F)C(Cl)c1ccccc1. The third-order valence-electron chi connectivity index (χ3n) is 2.78. The van der Waals surface area contributed by atoms with Gasteiger partial charge in [0.25, 0.3) is 0 Å². The van der Waals surface area contributed by atoms with Crippen molar-refractivity contribution in [2.45, 2.75) is 11.9 Å². The average molecular weight is 357 g/mol. The van der Waals surface area contributed by atoms with Gasteiger partial charge in [-0.3, -0.25) is 4.79 Å². The van der Waals surface area contributed by atoms with E-state index in [0.29, 0.717) is 11.1 Å². The molecule has 0 aromatic heterocycles. The minimum atomic E-state index is -0.786. The second-order valence-electron chi connectivity index (χ2n) is 4.23. The first-order valence-electron chi connectivity index (χ1n) is 5.98. The molecular formula is C15H12BrClFNO. The molecule has 2 rings (SSSR count). The molecular weight excluding hydrogens is 345 g/mol. The molecule has 2 aromatic carbocycles. The summed E-state index contributed by atoms with van der Waals surface area (Å²) in [5.41, 5.74) is 1.12. The third kappa shape index (κ3) is 3.81. The summed E-state index contributed by atoms with van der Waals surface area (Å²) < 4.78 is 14.3. The highest BCUT2D eigenvalue weighted by Crippen LogP contribution is 2.20. The fraction of sp³-hybridized carbons (Fsp3) is 0.133. The second kappa shape index (κ2) is 6.86. The van der Waals surface area contributed by atoms with E-state index >= 15 is 0 Å². The molecule has 0 spiro atoms. The summed E-state index contributed by atoms with van der Waals surface area (Å²) in [6.45, 7) is 0.0974. The predicted octanol–water partition coefficient (Wildman–Crippen LogP) is 4.18. The van der Waals surface area contributed by atoms with Crippen LogP contribution in [0.15, 0.2) is 53.0 Å². The van der Waals surface area contributed by atoms with Crippen molar-refractivity contribution < 1.29 is 9.18 Å². The number of carbonyl (C=O) groups is 1. The molecule has 1 atom stereocenters. The highest BCUT2D eigenvalue weighted by Gasteiger charge is 2.17. The Hall–Kier alpha value is -1.39. The molecule has 0 saturated carbocycles. The smallest absolute Gasteiger partial charge is 0.242 e. The van der Waals surface area contributed by atoms with E-state index in [9.17, 15) is 9.18 Å². The molecule has 0 aliphatic rings. The van der Waals surface area contributed by atoms with Crippen LogP contribution in [0.2, 0.25) is 0 Å². The molecule has 1 unspecified atom stereocenters. The van der Waals surface area contributed by atoms with Crippen molar-refractivity contribution in [2.75, 3.05) is 0 Å². The Bertz CT molecular complexity index is 606. The van der Waals surface area contributed by atoms with Gasteiger partial charge in [0.15, 0.2) is 0 Å². The van der Waals surface area contributed by atoms with Crippen LogP contribution in [0.25, 0.3) is 0 Å². The molecule has 2 aromatic rings. The molecule has 1 amide bonds. The Balaban J connectivity index is 2.00. The maximum Gasteiger partial charge on any atom is 0.242 e. The van der Waals surface area contributed by atoms with Gasteiger partial charge in [0.05, 0.1) is 0 Å². The number of benzene rings is 2. The van der Waals surface area contributed by atoms with Crippen molar-refractivity contribution >= 4 is 33.4 Å². The van der Waals surface area contributed by atoms with Crippen molar-refractivity contribution in [3.8, 4) is 0 Å². The van der Waals surface area contributed by atoms with Gasteiger partial charge in [-0.2, -0.15) is 0 Å². The van der Waals surface area contributed by atoms with Crippen LogP contribution >= 0.6 is 27.5 Å². The summed E-state index contributed by atoms with van der Waals surface area (Å²) in [7, 11) is 0. The van der Waals surface area contributed by atoms with E-state index in [0.717, 1.165) is 4.47 Å². The van der Waals surface area contributed by atoms with Crippen molar-refractivity contribution in [1.82, 2.24) is 5.32 Å². The molecule has 0 heterocycles. The Labute approximate surface area is 130 Å². The summed E-state index contributed by atoms with van der Waals surface area (Å²) in [6, 6.07) is 13.6. The van der Waals surface area contributed by atoms with Crippen molar-refractivity contribution in [2.24, 2.45) is 0 Å². The zero-order chi connectivity index (χ0) is 14.5. The van der Waals surface area contributed by atoms with E-state index in [1.54, 1.807) is 24.3 Å². The molecule has 0 radical (unpaired) electrons. The lowest BCUT2D eigenvalue weighted by atomic mass is 10.1. The van der Waals surface area contributed by atoms with E-state index in [1.807, 2.05) is 18.2 Å². The van der Waals surface area contributed by atoms with Crippen LogP contribution in [0.3, 0.4) is 0 Å². The van der Waals surface area contributed by atoms with Gasteiger partial charge in [-0.1, -0.05) is 46.3 Å². The van der Waals surface area contributed by atoms with E-state index in [4.69, 9.17) is 11.6 Å². The highest BCUT2D eigenvalue weighted by atomic mass is 79.9. The zero-order valence-corrected chi connectivity index (χ0v) is 12.8. The third-order valence-corrected chi connectivity index (χ3v) is 3.73. The van der Waals surface area contributed by atoms with Gasteiger partial charge < -0.3 is 5.32 Å². The first-order chi connectivity index (χ1) is 9.58. The van der Waals surface area contributed by atoms with Gasteiger partial charge in [0.2, 0.25) is 5.91 Å². The molecule has 0 aliphatic heterocycles. The Kier molecular flexibility index (Phi) is 5.15. The van der Waals surface area contributed by atoms with Gasteiger partial charge in [0, 0.05) is 16.6 Å². The van der Waals surface area contributed by atoms with Crippen LogP contribution in [0.1, 0.15) is 16.5 Å². The monoisotopic (exact) mass is 355 g/mol. The lowest BCUT2D eigenvalue weighted by Crippen LogP contribution is -2.26. The topological polar surface area (TPSA) is 29.1 Å². The predicted molar refractivity (Wildman–Crippen MR) is 81.0 cm³/mol. The first-order valence-corrected chi connectivity index (χ1v) is 7.21. The molecule has 0 aliphatic carbocycles. The summed E-state index contributed by atoms with van der Waals surface area (Å²) in [5, 5.41) is 1.85. The number of hydrogen-bond acceptors (Lipinski definition) is 1. The van der Waals surface area contributed by atoms with E-state index in [1.165, 1.54) is 6.07 Å². The van der Waals surface area contributed by atoms with Gasteiger partial charge in [-0.15, -0.1) is 11.6 Å². The second-order valence-corrected chi connectivity index (χ2v) is 5.58. The van der Waals surface area contributed by atoms with E-state index < -0.39 is 5.38 Å². The lowest BCUT2D eigenvalue weighted by Gasteiger charge is -2.11. The minimum Gasteiger partial charge on any atom is -0.350 e. The molecule has 2 nitrogen and oxygen atoms in total. The number of rotatable bonds is 4. The van der Waals surface area contributed by atoms with Crippen molar-refractivity contribution in [3.05, 3.63) is 69.9 Å². The molecule has 0 fully saturated rings. The molecule has 0 saturated heterocycles. The summed E-state index contributed by atoms with van der Waals surface area (Å²) in [5.74, 6) is -0.712. The molecule has 104 valence electrons. The van der Waals surface area contributed by atoms with E-state index in [-0.39, 0.29) is 18.3 Å². The van der Waals surface area contributed by atoms with Crippen molar-refractivity contribution in [1.29, 1.82) is 0 Å². The van der Waals surface area contributed by atoms with Crippen LogP contribution in [-0.2, 0) is 11.3 Å². The maximum atomic E-state index is 13.5. The highest BCUT2D eigenvalue weighted by molar-refractivity contribution is 9.10. The zero-order valence-electron chi connectivity index (χ0n) is 10.4. The minimum absolute atomic E-state index is 0.0974. The summed E-state index contributed by atoms with van der Waals surface area (Å²) in [4.78, 5) is 11.9. The number of amides is 1. The normalized spacial score (nSPS) is 11.9. The Morgan fingerprint density at radius 3 is 2.65 bits per heavy atom. The molecule has 1 N–H and O–H groups in total.